The molecule has 1 heterocycles. The second kappa shape index (κ2) is 11.2. The Kier molecular flexibility index (Phi) is 8.65. The van der Waals surface area contributed by atoms with Crippen molar-refractivity contribution in [1.29, 1.82) is 0 Å². The monoisotopic (exact) mass is 387 g/mol. The number of rotatable bonds is 10. The largest absolute Gasteiger partial charge is 0.493 e. The summed E-state index contributed by atoms with van der Waals surface area (Å²) in [6.45, 7) is 4.59. The average molecular weight is 388 g/mol. The molecule has 0 unspecified atom stereocenters. The maximum absolute atomic E-state index is 5.39. The SMILES string of the molecule is CCNC(=NCCCc1cnn(C)c1)N(C)CCc1ccc(OC)c(OC)c1. The molecule has 0 aliphatic rings. The van der Waals surface area contributed by atoms with Crippen molar-refractivity contribution in [2.24, 2.45) is 12.0 Å². The van der Waals surface area contributed by atoms with Crippen LogP contribution in [0, 0.1) is 0 Å². The van der Waals surface area contributed by atoms with Crippen LogP contribution < -0.4 is 14.8 Å². The van der Waals surface area contributed by atoms with Crippen LogP contribution in [-0.4, -0.2) is 61.5 Å². The number of nitrogens with one attached hydrogen (secondary N) is 1. The fourth-order valence-electron chi connectivity index (χ4n) is 2.98. The van der Waals surface area contributed by atoms with E-state index in [-0.39, 0.29) is 0 Å². The van der Waals surface area contributed by atoms with Gasteiger partial charge in [0.25, 0.3) is 0 Å². The number of benzene rings is 1. The standard InChI is InChI=1S/C21H33N5O2/c1-6-22-21(23-12-7-8-18-15-24-26(3)16-18)25(2)13-11-17-9-10-19(27-4)20(14-17)28-5/h9-10,14-16H,6-8,11-13H2,1-5H3,(H,22,23). The van der Waals surface area contributed by atoms with E-state index in [4.69, 9.17) is 14.5 Å². The van der Waals surface area contributed by atoms with Gasteiger partial charge in [0.1, 0.15) is 0 Å². The van der Waals surface area contributed by atoms with Gasteiger partial charge < -0.3 is 19.7 Å². The first-order valence-electron chi connectivity index (χ1n) is 9.75. The molecule has 0 amide bonds. The lowest BCUT2D eigenvalue weighted by atomic mass is 10.1. The van der Waals surface area contributed by atoms with Crippen LogP contribution in [-0.2, 0) is 19.9 Å². The molecule has 0 aliphatic heterocycles. The van der Waals surface area contributed by atoms with Crippen LogP contribution in [0.25, 0.3) is 0 Å². The molecule has 7 nitrogen and oxygen atoms in total. The predicted molar refractivity (Wildman–Crippen MR) is 113 cm³/mol. The molecule has 2 rings (SSSR count). The first kappa shape index (κ1) is 21.6. The van der Waals surface area contributed by atoms with Crippen molar-refractivity contribution in [1.82, 2.24) is 20.0 Å². The molecule has 0 spiro atoms. The van der Waals surface area contributed by atoms with Crippen molar-refractivity contribution in [2.75, 3.05) is 40.9 Å². The van der Waals surface area contributed by atoms with E-state index in [0.717, 1.165) is 56.4 Å². The summed E-state index contributed by atoms with van der Waals surface area (Å²) < 4.78 is 12.5. The van der Waals surface area contributed by atoms with E-state index in [9.17, 15) is 0 Å². The third kappa shape index (κ3) is 6.48. The van der Waals surface area contributed by atoms with Crippen LogP contribution in [0.5, 0.6) is 11.5 Å². The summed E-state index contributed by atoms with van der Waals surface area (Å²) >= 11 is 0. The smallest absolute Gasteiger partial charge is 0.193 e. The van der Waals surface area contributed by atoms with Gasteiger partial charge in [-0.3, -0.25) is 9.67 Å². The van der Waals surface area contributed by atoms with Crippen molar-refractivity contribution in [3.05, 3.63) is 41.7 Å². The number of methoxy groups -OCH3 is 2. The molecule has 0 bridgehead atoms. The Labute approximate surface area is 168 Å². The molecule has 1 aromatic heterocycles. The summed E-state index contributed by atoms with van der Waals surface area (Å²) in [5.74, 6) is 2.45. The first-order chi connectivity index (χ1) is 13.6. The van der Waals surface area contributed by atoms with Crippen LogP contribution >= 0.6 is 0 Å². The zero-order valence-electron chi connectivity index (χ0n) is 17.7. The molecular formula is C21H33N5O2. The molecule has 28 heavy (non-hydrogen) atoms. The van der Waals surface area contributed by atoms with Crippen molar-refractivity contribution in [2.45, 2.75) is 26.2 Å². The summed E-state index contributed by atoms with van der Waals surface area (Å²) in [4.78, 5) is 6.94. The number of aromatic nitrogens is 2. The minimum Gasteiger partial charge on any atom is -0.493 e. The average Bonchev–Trinajstić information content (AvgIpc) is 3.13. The zero-order valence-corrected chi connectivity index (χ0v) is 17.7. The van der Waals surface area contributed by atoms with Gasteiger partial charge >= 0.3 is 0 Å². The maximum Gasteiger partial charge on any atom is 0.193 e. The van der Waals surface area contributed by atoms with Crippen LogP contribution in [0.3, 0.4) is 0 Å². The summed E-state index contributed by atoms with van der Waals surface area (Å²) in [6.07, 6.45) is 6.88. The van der Waals surface area contributed by atoms with Gasteiger partial charge in [-0.1, -0.05) is 6.07 Å². The molecule has 0 aliphatic carbocycles. The number of ether oxygens (including phenoxy) is 2. The molecular weight excluding hydrogens is 354 g/mol. The fourth-order valence-corrected chi connectivity index (χ4v) is 2.98. The number of hydrogen-bond donors (Lipinski definition) is 1. The van der Waals surface area contributed by atoms with Crippen molar-refractivity contribution in [3.63, 3.8) is 0 Å². The highest BCUT2D eigenvalue weighted by molar-refractivity contribution is 5.79. The maximum atomic E-state index is 5.39. The van der Waals surface area contributed by atoms with Crippen molar-refractivity contribution in [3.8, 4) is 11.5 Å². The highest BCUT2D eigenvalue weighted by atomic mass is 16.5. The number of aryl methyl sites for hydroxylation is 2. The van der Waals surface area contributed by atoms with Gasteiger partial charge in [0.15, 0.2) is 17.5 Å². The van der Waals surface area contributed by atoms with Gasteiger partial charge in [-0.05, 0) is 49.4 Å². The summed E-state index contributed by atoms with van der Waals surface area (Å²) in [5, 5.41) is 7.58. The van der Waals surface area contributed by atoms with E-state index in [2.05, 4.69) is 41.5 Å². The predicted octanol–water partition coefficient (Wildman–Crippen LogP) is 2.51. The Bertz CT molecular complexity index is 757. The van der Waals surface area contributed by atoms with Gasteiger partial charge in [0.2, 0.25) is 0 Å². The summed E-state index contributed by atoms with van der Waals surface area (Å²) in [6, 6.07) is 6.06. The topological polar surface area (TPSA) is 63.9 Å². The summed E-state index contributed by atoms with van der Waals surface area (Å²) in [7, 11) is 7.33. The molecule has 0 saturated carbocycles. The van der Waals surface area contributed by atoms with Crippen LogP contribution in [0.15, 0.2) is 35.6 Å². The molecule has 0 atom stereocenters. The van der Waals surface area contributed by atoms with E-state index in [1.54, 1.807) is 14.2 Å². The second-order valence-corrected chi connectivity index (χ2v) is 6.72. The number of guanidine groups is 1. The Balaban J connectivity index is 1.87. The van der Waals surface area contributed by atoms with Gasteiger partial charge in [-0.15, -0.1) is 0 Å². The molecule has 7 heteroatoms. The minimum absolute atomic E-state index is 0.753. The normalized spacial score (nSPS) is 11.4. The zero-order chi connectivity index (χ0) is 20.4. The lowest BCUT2D eigenvalue weighted by Gasteiger charge is -2.22. The quantitative estimate of drug-likeness (QED) is 0.386. The van der Waals surface area contributed by atoms with E-state index in [1.807, 2.05) is 30.1 Å². The third-order valence-electron chi connectivity index (χ3n) is 4.52. The van der Waals surface area contributed by atoms with E-state index in [0.29, 0.717) is 0 Å². The van der Waals surface area contributed by atoms with Crippen LogP contribution in [0.2, 0.25) is 0 Å². The molecule has 0 fully saturated rings. The Morgan fingerprint density at radius 2 is 1.96 bits per heavy atom. The second-order valence-electron chi connectivity index (χ2n) is 6.72. The molecule has 154 valence electrons. The number of hydrogen-bond acceptors (Lipinski definition) is 4. The highest BCUT2D eigenvalue weighted by Crippen LogP contribution is 2.27. The molecule has 2 aromatic rings. The Morgan fingerprint density at radius 1 is 1.18 bits per heavy atom. The van der Waals surface area contributed by atoms with Gasteiger partial charge in [-0.2, -0.15) is 5.10 Å². The van der Waals surface area contributed by atoms with Gasteiger partial charge in [0.05, 0.1) is 20.4 Å². The van der Waals surface area contributed by atoms with Crippen LogP contribution in [0.4, 0.5) is 0 Å². The van der Waals surface area contributed by atoms with Crippen molar-refractivity contribution >= 4 is 5.96 Å². The lowest BCUT2D eigenvalue weighted by Crippen LogP contribution is -2.40. The van der Waals surface area contributed by atoms with Gasteiger partial charge in [-0.25, -0.2) is 0 Å². The molecule has 1 N–H and O–H groups in total. The molecule has 0 saturated heterocycles. The minimum atomic E-state index is 0.753. The Morgan fingerprint density at radius 3 is 2.61 bits per heavy atom. The fraction of sp³-hybridized carbons (Fsp3) is 0.524. The number of likely N-dealkylation sites (N-methyl/N-ethyl adjacent to an activating group) is 1. The highest BCUT2D eigenvalue weighted by Gasteiger charge is 2.08. The van der Waals surface area contributed by atoms with Crippen LogP contribution in [0.1, 0.15) is 24.5 Å². The van der Waals surface area contributed by atoms with Crippen molar-refractivity contribution < 1.29 is 9.47 Å². The number of nitrogens with zero attached hydrogens (tertiary/aromatic N) is 4. The lowest BCUT2D eigenvalue weighted by molar-refractivity contribution is 0.354. The van der Waals surface area contributed by atoms with Gasteiger partial charge in [0, 0.05) is 39.9 Å². The molecule has 0 radical (unpaired) electrons. The Hall–Kier alpha value is -2.70. The van der Waals surface area contributed by atoms with E-state index >= 15 is 0 Å². The molecule has 1 aromatic carbocycles. The van der Waals surface area contributed by atoms with E-state index < -0.39 is 0 Å². The third-order valence-corrected chi connectivity index (χ3v) is 4.52. The summed E-state index contributed by atoms with van der Waals surface area (Å²) in [5.41, 5.74) is 2.46. The number of aliphatic imine (C=N–C) groups is 1. The van der Waals surface area contributed by atoms with E-state index in [1.165, 1.54) is 11.1 Å². The first-order valence-corrected chi connectivity index (χ1v) is 9.75.